The molecule has 0 unspecified atom stereocenters. The highest BCUT2D eigenvalue weighted by molar-refractivity contribution is 7.09. The molecule has 1 amide bonds. The summed E-state index contributed by atoms with van der Waals surface area (Å²) in [6.45, 7) is 5.88. The lowest BCUT2D eigenvalue weighted by Gasteiger charge is -2.23. The molecule has 0 aliphatic heterocycles. The number of carbonyl (C=O) groups is 1. The van der Waals surface area contributed by atoms with Gasteiger partial charge in [0.1, 0.15) is 0 Å². The molecule has 1 aromatic carbocycles. The number of amides is 1. The van der Waals surface area contributed by atoms with Crippen molar-refractivity contribution in [3.05, 3.63) is 46.2 Å². The summed E-state index contributed by atoms with van der Waals surface area (Å²) >= 11 is 1.68. The standard InChI is InChI=1S/C21H30N2O3S/c1-5-16(2)22-14-21(24)23(15-18-7-6-12-27-18)11-10-17-8-9-19(25-3)20(13-17)26-4/h6-9,12-13,16,22H,5,10-11,14-15H2,1-4H3/t16-/m1/s1. The second-order valence-electron chi connectivity index (χ2n) is 6.52. The summed E-state index contributed by atoms with van der Waals surface area (Å²) < 4.78 is 10.7. The summed E-state index contributed by atoms with van der Waals surface area (Å²) in [4.78, 5) is 15.9. The maximum Gasteiger partial charge on any atom is 0.236 e. The lowest BCUT2D eigenvalue weighted by atomic mass is 10.1. The first-order chi connectivity index (χ1) is 13.1. The van der Waals surface area contributed by atoms with Crippen molar-refractivity contribution in [3.63, 3.8) is 0 Å². The van der Waals surface area contributed by atoms with Crippen molar-refractivity contribution >= 4 is 17.2 Å². The van der Waals surface area contributed by atoms with Gasteiger partial charge in [0.25, 0.3) is 0 Å². The molecule has 1 atom stereocenters. The third-order valence-corrected chi connectivity index (χ3v) is 5.47. The molecule has 1 aromatic heterocycles. The molecule has 0 bridgehead atoms. The maximum atomic E-state index is 12.8. The van der Waals surface area contributed by atoms with Gasteiger partial charge in [0.15, 0.2) is 11.5 Å². The largest absolute Gasteiger partial charge is 0.493 e. The Hall–Kier alpha value is -2.05. The first kappa shape index (κ1) is 21.3. The molecule has 148 valence electrons. The fourth-order valence-corrected chi connectivity index (χ4v) is 3.42. The molecule has 0 saturated heterocycles. The second-order valence-corrected chi connectivity index (χ2v) is 7.56. The van der Waals surface area contributed by atoms with Gasteiger partial charge in [0.05, 0.1) is 27.3 Å². The summed E-state index contributed by atoms with van der Waals surface area (Å²) in [7, 11) is 3.26. The fourth-order valence-electron chi connectivity index (χ4n) is 2.70. The Balaban J connectivity index is 2.03. The van der Waals surface area contributed by atoms with Crippen LogP contribution in [0.5, 0.6) is 11.5 Å². The maximum absolute atomic E-state index is 12.8. The minimum absolute atomic E-state index is 0.129. The topological polar surface area (TPSA) is 50.8 Å². The predicted molar refractivity (Wildman–Crippen MR) is 111 cm³/mol. The van der Waals surface area contributed by atoms with E-state index < -0.39 is 0 Å². The number of hydrogen-bond acceptors (Lipinski definition) is 5. The van der Waals surface area contributed by atoms with Crippen molar-refractivity contribution in [2.75, 3.05) is 27.3 Å². The Labute approximate surface area is 166 Å². The number of methoxy groups -OCH3 is 2. The molecular formula is C21H30N2O3S. The van der Waals surface area contributed by atoms with Crippen molar-refractivity contribution in [1.82, 2.24) is 10.2 Å². The molecule has 0 aliphatic carbocycles. The SMILES string of the molecule is CC[C@@H](C)NCC(=O)N(CCc1ccc(OC)c(OC)c1)Cc1cccs1. The summed E-state index contributed by atoms with van der Waals surface area (Å²) in [5.74, 6) is 1.55. The Morgan fingerprint density at radius 2 is 2.00 bits per heavy atom. The van der Waals surface area contributed by atoms with E-state index in [-0.39, 0.29) is 5.91 Å². The zero-order valence-electron chi connectivity index (χ0n) is 16.7. The van der Waals surface area contributed by atoms with Crippen LogP contribution in [0, 0.1) is 0 Å². The highest BCUT2D eigenvalue weighted by Gasteiger charge is 2.16. The van der Waals surface area contributed by atoms with E-state index >= 15 is 0 Å². The van der Waals surface area contributed by atoms with Crippen molar-refractivity contribution in [2.24, 2.45) is 0 Å². The van der Waals surface area contributed by atoms with Crippen LogP contribution in [0.25, 0.3) is 0 Å². The Morgan fingerprint density at radius 3 is 2.63 bits per heavy atom. The van der Waals surface area contributed by atoms with Gasteiger partial charge >= 0.3 is 0 Å². The van der Waals surface area contributed by atoms with Crippen LogP contribution < -0.4 is 14.8 Å². The molecule has 0 radical (unpaired) electrons. The Kier molecular flexibility index (Phi) is 8.61. The van der Waals surface area contributed by atoms with E-state index in [1.54, 1.807) is 25.6 Å². The average molecular weight is 391 g/mol. The van der Waals surface area contributed by atoms with Gasteiger partial charge in [-0.05, 0) is 48.9 Å². The number of rotatable bonds is 11. The zero-order chi connectivity index (χ0) is 19.6. The molecule has 0 saturated carbocycles. The minimum atomic E-state index is 0.129. The number of carbonyl (C=O) groups excluding carboxylic acids is 1. The summed E-state index contributed by atoms with van der Waals surface area (Å²) in [6.07, 6.45) is 1.77. The monoisotopic (exact) mass is 390 g/mol. The van der Waals surface area contributed by atoms with Crippen LogP contribution in [0.1, 0.15) is 30.7 Å². The lowest BCUT2D eigenvalue weighted by Crippen LogP contribution is -2.41. The number of nitrogens with one attached hydrogen (secondary N) is 1. The lowest BCUT2D eigenvalue weighted by molar-refractivity contribution is -0.130. The van der Waals surface area contributed by atoms with Gasteiger partial charge in [-0.15, -0.1) is 11.3 Å². The van der Waals surface area contributed by atoms with Crippen LogP contribution in [-0.2, 0) is 17.8 Å². The quantitative estimate of drug-likeness (QED) is 0.635. The van der Waals surface area contributed by atoms with Gasteiger partial charge in [-0.1, -0.05) is 19.1 Å². The van der Waals surface area contributed by atoms with Gasteiger partial charge in [-0.25, -0.2) is 0 Å². The van der Waals surface area contributed by atoms with Crippen LogP contribution in [0.3, 0.4) is 0 Å². The van der Waals surface area contributed by atoms with Crippen LogP contribution in [0.15, 0.2) is 35.7 Å². The molecule has 5 nitrogen and oxygen atoms in total. The van der Waals surface area contributed by atoms with E-state index in [1.807, 2.05) is 34.5 Å². The molecule has 1 N–H and O–H groups in total. The van der Waals surface area contributed by atoms with Crippen molar-refractivity contribution in [2.45, 2.75) is 39.3 Å². The normalized spacial score (nSPS) is 11.9. The van der Waals surface area contributed by atoms with Gasteiger partial charge in [0, 0.05) is 17.5 Å². The van der Waals surface area contributed by atoms with Crippen LogP contribution in [0.4, 0.5) is 0 Å². The molecule has 2 rings (SSSR count). The van der Waals surface area contributed by atoms with Crippen LogP contribution >= 0.6 is 11.3 Å². The number of benzene rings is 1. The molecular weight excluding hydrogens is 360 g/mol. The minimum Gasteiger partial charge on any atom is -0.493 e. The number of thiophene rings is 1. The third-order valence-electron chi connectivity index (χ3n) is 4.61. The summed E-state index contributed by atoms with van der Waals surface area (Å²) in [5.41, 5.74) is 1.12. The molecule has 2 aromatic rings. The molecule has 0 fully saturated rings. The van der Waals surface area contributed by atoms with Gasteiger partial charge in [-0.3, -0.25) is 4.79 Å². The fraction of sp³-hybridized carbons (Fsp3) is 0.476. The molecule has 0 spiro atoms. The van der Waals surface area contributed by atoms with Gasteiger partial charge < -0.3 is 19.7 Å². The molecule has 6 heteroatoms. The predicted octanol–water partition coefficient (Wildman–Crippen LogP) is 3.72. The highest BCUT2D eigenvalue weighted by atomic mass is 32.1. The highest BCUT2D eigenvalue weighted by Crippen LogP contribution is 2.27. The van der Waals surface area contributed by atoms with Crippen molar-refractivity contribution in [1.29, 1.82) is 0 Å². The third kappa shape index (κ3) is 6.56. The van der Waals surface area contributed by atoms with Crippen molar-refractivity contribution in [3.8, 4) is 11.5 Å². The van der Waals surface area contributed by atoms with Gasteiger partial charge in [-0.2, -0.15) is 0 Å². The Bertz CT molecular complexity index is 703. The smallest absolute Gasteiger partial charge is 0.236 e. The first-order valence-electron chi connectivity index (χ1n) is 9.31. The van der Waals surface area contributed by atoms with E-state index in [0.717, 1.165) is 18.4 Å². The summed E-state index contributed by atoms with van der Waals surface area (Å²) in [5, 5.41) is 5.34. The van der Waals surface area contributed by atoms with Crippen molar-refractivity contribution < 1.29 is 14.3 Å². The second kappa shape index (κ2) is 10.9. The average Bonchev–Trinajstić information content (AvgIpc) is 3.21. The van der Waals surface area contributed by atoms with E-state index in [2.05, 4.69) is 25.2 Å². The molecule has 1 heterocycles. The number of hydrogen-bond donors (Lipinski definition) is 1. The number of ether oxygens (including phenoxy) is 2. The molecule has 0 aliphatic rings. The van der Waals surface area contributed by atoms with E-state index in [9.17, 15) is 4.79 Å². The van der Waals surface area contributed by atoms with Gasteiger partial charge in [0.2, 0.25) is 5.91 Å². The first-order valence-corrected chi connectivity index (χ1v) is 10.2. The molecule has 27 heavy (non-hydrogen) atoms. The van der Waals surface area contributed by atoms with E-state index in [1.165, 1.54) is 4.88 Å². The zero-order valence-corrected chi connectivity index (χ0v) is 17.5. The van der Waals surface area contributed by atoms with E-state index in [4.69, 9.17) is 9.47 Å². The van der Waals surface area contributed by atoms with E-state index in [0.29, 0.717) is 37.2 Å². The van der Waals surface area contributed by atoms with Crippen LogP contribution in [0.2, 0.25) is 0 Å². The number of nitrogens with zero attached hydrogens (tertiary/aromatic N) is 1. The summed E-state index contributed by atoms with van der Waals surface area (Å²) in [6, 6.07) is 10.3. The van der Waals surface area contributed by atoms with Crippen LogP contribution in [-0.4, -0.2) is 44.2 Å². The Morgan fingerprint density at radius 1 is 1.22 bits per heavy atom.